The summed E-state index contributed by atoms with van der Waals surface area (Å²) in [5.74, 6) is -0.925. The van der Waals surface area contributed by atoms with Crippen LogP contribution in [0.4, 0.5) is 0 Å². The van der Waals surface area contributed by atoms with Crippen molar-refractivity contribution in [2.75, 3.05) is 18.1 Å². The van der Waals surface area contributed by atoms with Crippen LogP contribution in [0.2, 0.25) is 5.15 Å². The molecule has 1 amide bonds. The van der Waals surface area contributed by atoms with E-state index in [1.165, 1.54) is 18.3 Å². The van der Waals surface area contributed by atoms with Crippen LogP contribution in [0.3, 0.4) is 0 Å². The van der Waals surface area contributed by atoms with Gasteiger partial charge in [-0.15, -0.1) is 0 Å². The van der Waals surface area contributed by atoms with Gasteiger partial charge < -0.3 is 9.64 Å². The van der Waals surface area contributed by atoms with Crippen LogP contribution >= 0.6 is 11.6 Å². The second kappa shape index (κ2) is 6.68. The second-order valence-corrected chi connectivity index (χ2v) is 8.65. The molecule has 0 unspecified atom stereocenters. The first-order valence-electron chi connectivity index (χ1n) is 7.66. The summed E-state index contributed by atoms with van der Waals surface area (Å²) in [6.45, 7) is -0.408. The summed E-state index contributed by atoms with van der Waals surface area (Å²) in [5, 5.41) is 0.255. The predicted molar refractivity (Wildman–Crippen MR) is 86.5 cm³/mol. The van der Waals surface area contributed by atoms with E-state index in [1.807, 2.05) is 0 Å². The van der Waals surface area contributed by atoms with Gasteiger partial charge in [-0.1, -0.05) is 11.6 Å². The number of hydrogen-bond donors (Lipinski definition) is 0. The lowest BCUT2D eigenvalue weighted by Gasteiger charge is -2.28. The van der Waals surface area contributed by atoms with E-state index in [0.29, 0.717) is 6.42 Å². The van der Waals surface area contributed by atoms with E-state index in [2.05, 4.69) is 4.98 Å². The average molecular weight is 373 g/mol. The van der Waals surface area contributed by atoms with Crippen molar-refractivity contribution in [2.45, 2.75) is 31.3 Å². The van der Waals surface area contributed by atoms with E-state index in [0.717, 1.165) is 12.8 Å². The number of carbonyl (C=O) groups excluding carboxylic acids is 2. The standard InChI is InChI=1S/C15H17ClN2O5S/c16-13-4-1-10(7-17-13)15(20)23-8-14(19)18(11-2-3-11)12-5-6-24(21,22)9-12/h1,4,7,11-12H,2-3,5-6,8-9H2/t12-/m0/s1. The third-order valence-corrected chi connectivity index (χ3v) is 6.09. The quantitative estimate of drug-likeness (QED) is 0.567. The first kappa shape index (κ1) is 17.2. The van der Waals surface area contributed by atoms with Gasteiger partial charge in [-0.25, -0.2) is 18.2 Å². The third-order valence-electron chi connectivity index (χ3n) is 4.12. The zero-order valence-corrected chi connectivity index (χ0v) is 14.4. The third kappa shape index (κ3) is 4.05. The number of ether oxygens (including phenoxy) is 1. The summed E-state index contributed by atoms with van der Waals surface area (Å²) in [4.78, 5) is 29.7. The molecule has 24 heavy (non-hydrogen) atoms. The highest BCUT2D eigenvalue weighted by atomic mass is 35.5. The smallest absolute Gasteiger partial charge is 0.340 e. The fourth-order valence-electron chi connectivity index (χ4n) is 2.83. The van der Waals surface area contributed by atoms with Crippen molar-refractivity contribution < 1.29 is 22.7 Å². The second-order valence-electron chi connectivity index (χ2n) is 6.03. The van der Waals surface area contributed by atoms with E-state index in [4.69, 9.17) is 16.3 Å². The largest absolute Gasteiger partial charge is 0.452 e. The van der Waals surface area contributed by atoms with Crippen LogP contribution in [0.25, 0.3) is 0 Å². The highest BCUT2D eigenvalue weighted by molar-refractivity contribution is 7.91. The number of sulfone groups is 1. The summed E-state index contributed by atoms with van der Waals surface area (Å²) in [6.07, 6.45) is 3.44. The molecule has 1 atom stereocenters. The van der Waals surface area contributed by atoms with E-state index in [1.54, 1.807) is 4.90 Å². The molecule has 7 nitrogen and oxygen atoms in total. The molecule has 130 valence electrons. The van der Waals surface area contributed by atoms with Crippen LogP contribution in [0.15, 0.2) is 18.3 Å². The molecule has 9 heteroatoms. The molecule has 0 N–H and O–H groups in total. The molecule has 1 aromatic rings. The van der Waals surface area contributed by atoms with Gasteiger partial charge in [0.2, 0.25) is 0 Å². The van der Waals surface area contributed by atoms with Crippen LogP contribution in [0, 0.1) is 0 Å². The lowest BCUT2D eigenvalue weighted by molar-refractivity contribution is -0.137. The van der Waals surface area contributed by atoms with Gasteiger partial charge >= 0.3 is 5.97 Å². The minimum atomic E-state index is -3.08. The van der Waals surface area contributed by atoms with Crippen LogP contribution in [0.5, 0.6) is 0 Å². The van der Waals surface area contributed by atoms with Gasteiger partial charge in [0, 0.05) is 18.3 Å². The molecule has 0 radical (unpaired) electrons. The van der Waals surface area contributed by atoms with Crippen molar-refractivity contribution in [3.63, 3.8) is 0 Å². The molecule has 0 bridgehead atoms. The van der Waals surface area contributed by atoms with Gasteiger partial charge in [0.1, 0.15) is 5.15 Å². The Morgan fingerprint density at radius 3 is 2.54 bits per heavy atom. The zero-order valence-electron chi connectivity index (χ0n) is 12.9. The first-order valence-corrected chi connectivity index (χ1v) is 9.86. The summed E-state index contributed by atoms with van der Waals surface area (Å²) < 4.78 is 28.3. The number of nitrogens with zero attached hydrogens (tertiary/aromatic N) is 2. The van der Waals surface area contributed by atoms with Crippen molar-refractivity contribution >= 4 is 33.3 Å². The number of rotatable bonds is 5. The Hall–Kier alpha value is -1.67. The van der Waals surface area contributed by atoms with Crippen molar-refractivity contribution in [1.29, 1.82) is 0 Å². The van der Waals surface area contributed by atoms with Gasteiger partial charge in [-0.2, -0.15) is 0 Å². The number of esters is 1. The number of halogens is 1. The average Bonchev–Trinajstić information content (AvgIpc) is 3.29. The Balaban J connectivity index is 1.60. The maximum Gasteiger partial charge on any atom is 0.340 e. The molecule has 2 heterocycles. The molecule has 1 saturated heterocycles. The van der Waals surface area contributed by atoms with Gasteiger partial charge in [0.25, 0.3) is 5.91 Å². The van der Waals surface area contributed by atoms with Crippen molar-refractivity contribution in [1.82, 2.24) is 9.88 Å². The lowest BCUT2D eigenvalue weighted by atomic mass is 10.2. The Morgan fingerprint density at radius 1 is 1.25 bits per heavy atom. The van der Waals surface area contributed by atoms with Crippen LogP contribution in [0.1, 0.15) is 29.6 Å². The Labute approximate surface area is 144 Å². The molecule has 1 aliphatic heterocycles. The van der Waals surface area contributed by atoms with E-state index < -0.39 is 22.4 Å². The Bertz CT molecular complexity index is 746. The van der Waals surface area contributed by atoms with Gasteiger partial charge in [-0.3, -0.25) is 4.79 Å². The van der Waals surface area contributed by atoms with Crippen molar-refractivity contribution in [3.05, 3.63) is 29.0 Å². The minimum absolute atomic E-state index is 0.00963. The summed E-state index contributed by atoms with van der Waals surface area (Å²) >= 11 is 5.65. The molecule has 2 aliphatic rings. The minimum Gasteiger partial charge on any atom is -0.452 e. The maximum atomic E-state index is 12.4. The van der Waals surface area contributed by atoms with Crippen LogP contribution < -0.4 is 0 Å². The van der Waals surface area contributed by atoms with Gasteiger partial charge in [0.05, 0.1) is 17.1 Å². The monoisotopic (exact) mass is 372 g/mol. The molecular formula is C15H17ClN2O5S. The van der Waals surface area contributed by atoms with Gasteiger partial charge in [0.15, 0.2) is 16.4 Å². The molecule has 3 rings (SSSR count). The highest BCUT2D eigenvalue weighted by Gasteiger charge is 2.42. The van der Waals surface area contributed by atoms with E-state index >= 15 is 0 Å². The first-order chi connectivity index (χ1) is 11.4. The Kier molecular flexibility index (Phi) is 4.78. The molecule has 0 aromatic carbocycles. The number of hydrogen-bond acceptors (Lipinski definition) is 6. The SMILES string of the molecule is O=C(OCC(=O)N(C1CC1)[C@H]1CCS(=O)(=O)C1)c1ccc(Cl)nc1. The number of pyridine rings is 1. The molecule has 1 aromatic heterocycles. The van der Waals surface area contributed by atoms with E-state index in [-0.39, 0.29) is 40.2 Å². The van der Waals surface area contributed by atoms with Crippen LogP contribution in [-0.2, 0) is 19.4 Å². The summed E-state index contributed by atoms with van der Waals surface area (Å²) in [5.41, 5.74) is 0.202. The molecule has 1 aliphatic carbocycles. The van der Waals surface area contributed by atoms with Crippen molar-refractivity contribution in [3.8, 4) is 0 Å². The fourth-order valence-corrected chi connectivity index (χ4v) is 4.66. The normalized spacial score (nSPS) is 22.1. The lowest BCUT2D eigenvalue weighted by Crippen LogP contribution is -2.44. The molecular weight excluding hydrogens is 356 g/mol. The maximum absolute atomic E-state index is 12.4. The number of aromatic nitrogens is 1. The van der Waals surface area contributed by atoms with Crippen LogP contribution in [-0.4, -0.2) is 60.4 Å². The Morgan fingerprint density at radius 2 is 2.00 bits per heavy atom. The number of amides is 1. The summed E-state index contributed by atoms with van der Waals surface area (Å²) in [6, 6.07) is 2.67. The van der Waals surface area contributed by atoms with Crippen molar-refractivity contribution in [2.24, 2.45) is 0 Å². The van der Waals surface area contributed by atoms with Gasteiger partial charge in [-0.05, 0) is 31.4 Å². The zero-order chi connectivity index (χ0) is 17.3. The predicted octanol–water partition coefficient (Wildman–Crippen LogP) is 1.07. The topological polar surface area (TPSA) is 93.6 Å². The molecule has 1 saturated carbocycles. The molecule has 0 spiro atoms. The number of carbonyl (C=O) groups is 2. The van der Waals surface area contributed by atoms with E-state index in [9.17, 15) is 18.0 Å². The molecule has 2 fully saturated rings. The highest BCUT2D eigenvalue weighted by Crippen LogP contribution is 2.32. The fraction of sp³-hybridized carbons (Fsp3) is 0.533. The summed E-state index contributed by atoms with van der Waals surface area (Å²) in [7, 11) is -3.08.